The molecule has 1 N–H and O–H groups in total. The van der Waals surface area contributed by atoms with Crippen molar-refractivity contribution >= 4 is 0 Å². The predicted octanol–water partition coefficient (Wildman–Crippen LogP) is 2.54. The van der Waals surface area contributed by atoms with Crippen molar-refractivity contribution in [2.75, 3.05) is 0 Å². The van der Waals surface area contributed by atoms with E-state index in [1.54, 1.807) is 0 Å². The molecule has 3 atom stereocenters. The number of rotatable bonds is 3. The first-order valence-electron chi connectivity index (χ1n) is 6.17. The van der Waals surface area contributed by atoms with E-state index in [1.165, 1.54) is 0 Å². The van der Waals surface area contributed by atoms with Crippen LogP contribution in [0.15, 0.2) is 30.3 Å². The van der Waals surface area contributed by atoms with E-state index in [2.05, 4.69) is 12.2 Å². The Kier molecular flexibility index (Phi) is 3.74. The summed E-state index contributed by atoms with van der Waals surface area (Å²) in [6.45, 7) is 2.12. The lowest BCUT2D eigenvalue weighted by Gasteiger charge is -2.32. The van der Waals surface area contributed by atoms with Crippen LogP contribution in [0, 0.1) is 10.1 Å². The number of benzene rings is 1. The third kappa shape index (κ3) is 2.64. The number of hydrogen-bond acceptors (Lipinski definition) is 3. The molecule has 3 unspecified atom stereocenters. The predicted molar refractivity (Wildman–Crippen MR) is 66.4 cm³/mol. The minimum absolute atomic E-state index is 0.142. The number of nitro groups is 1. The van der Waals surface area contributed by atoms with Crippen molar-refractivity contribution in [2.45, 2.75) is 44.3 Å². The quantitative estimate of drug-likeness (QED) is 0.646. The summed E-state index contributed by atoms with van der Waals surface area (Å²) in [6.07, 6.45) is 2.58. The molecule has 1 aliphatic heterocycles. The Bertz CT molecular complexity index is 380. The van der Waals surface area contributed by atoms with E-state index in [9.17, 15) is 10.1 Å². The summed E-state index contributed by atoms with van der Waals surface area (Å²) in [6, 6.07) is 9.48. The molecule has 4 nitrogen and oxygen atoms in total. The second kappa shape index (κ2) is 5.27. The maximum Gasteiger partial charge on any atom is 0.232 e. The maximum absolute atomic E-state index is 11.1. The van der Waals surface area contributed by atoms with E-state index in [1.807, 2.05) is 30.3 Å². The molecule has 0 aliphatic carbocycles. The van der Waals surface area contributed by atoms with Crippen LogP contribution in [0.1, 0.15) is 37.8 Å². The van der Waals surface area contributed by atoms with Gasteiger partial charge in [0.15, 0.2) is 0 Å². The van der Waals surface area contributed by atoms with Gasteiger partial charge in [0.2, 0.25) is 6.04 Å². The highest BCUT2D eigenvalue weighted by Crippen LogP contribution is 2.28. The van der Waals surface area contributed by atoms with Gasteiger partial charge >= 0.3 is 0 Å². The summed E-state index contributed by atoms with van der Waals surface area (Å²) in [4.78, 5) is 11.0. The first kappa shape index (κ1) is 12.0. The lowest BCUT2D eigenvalue weighted by atomic mass is 9.88. The smallest absolute Gasteiger partial charge is 0.232 e. The minimum atomic E-state index is -0.500. The Morgan fingerprint density at radius 2 is 2.06 bits per heavy atom. The average Bonchev–Trinajstić information content (AvgIpc) is 2.39. The van der Waals surface area contributed by atoms with Gasteiger partial charge in [0.05, 0.1) is 0 Å². The van der Waals surface area contributed by atoms with E-state index in [0.717, 1.165) is 18.4 Å². The van der Waals surface area contributed by atoms with Crippen molar-refractivity contribution in [3.8, 4) is 0 Å². The Hall–Kier alpha value is -1.42. The van der Waals surface area contributed by atoms with Crippen LogP contribution in [0.5, 0.6) is 0 Å². The number of nitrogens with zero attached hydrogens (tertiary/aromatic N) is 1. The van der Waals surface area contributed by atoms with Gasteiger partial charge in [-0.25, -0.2) is 0 Å². The fraction of sp³-hybridized carbons (Fsp3) is 0.538. The summed E-state index contributed by atoms with van der Waals surface area (Å²) in [7, 11) is 0. The Balaban J connectivity index is 2.22. The molecule has 17 heavy (non-hydrogen) atoms. The second-order valence-electron chi connectivity index (χ2n) is 4.59. The molecule has 1 fully saturated rings. The topological polar surface area (TPSA) is 55.2 Å². The van der Waals surface area contributed by atoms with Crippen molar-refractivity contribution in [1.82, 2.24) is 5.32 Å². The van der Waals surface area contributed by atoms with Crippen molar-refractivity contribution in [2.24, 2.45) is 0 Å². The molecule has 0 aromatic heterocycles. The van der Waals surface area contributed by atoms with E-state index in [0.29, 0.717) is 12.5 Å². The second-order valence-corrected chi connectivity index (χ2v) is 4.59. The van der Waals surface area contributed by atoms with Crippen LogP contribution < -0.4 is 5.32 Å². The van der Waals surface area contributed by atoms with Crippen LogP contribution in [0.2, 0.25) is 0 Å². The first-order valence-corrected chi connectivity index (χ1v) is 6.17. The third-order valence-electron chi connectivity index (χ3n) is 3.53. The van der Waals surface area contributed by atoms with Crippen molar-refractivity contribution in [1.29, 1.82) is 0 Å². The lowest BCUT2D eigenvalue weighted by molar-refractivity contribution is -0.531. The van der Waals surface area contributed by atoms with E-state index in [4.69, 9.17) is 0 Å². The zero-order chi connectivity index (χ0) is 12.3. The Labute approximate surface area is 101 Å². The first-order chi connectivity index (χ1) is 8.22. The average molecular weight is 234 g/mol. The van der Waals surface area contributed by atoms with Gasteiger partial charge in [-0.2, -0.15) is 0 Å². The van der Waals surface area contributed by atoms with Crippen molar-refractivity contribution in [3.05, 3.63) is 46.0 Å². The van der Waals surface area contributed by atoms with Gasteiger partial charge in [-0.3, -0.25) is 10.1 Å². The van der Waals surface area contributed by atoms with Crippen LogP contribution in [-0.2, 0) is 0 Å². The molecule has 1 aromatic rings. The molecule has 0 spiro atoms. The largest absolute Gasteiger partial charge is 0.301 e. The SMILES string of the molecule is CCC1CCC([N+](=O)[O-])C(c2ccccc2)N1. The number of hydrogen-bond donors (Lipinski definition) is 1. The van der Waals surface area contributed by atoms with Gasteiger partial charge < -0.3 is 5.32 Å². The summed E-state index contributed by atoms with van der Waals surface area (Å²) in [5, 5.41) is 14.5. The van der Waals surface area contributed by atoms with Gasteiger partial charge in [-0.05, 0) is 18.4 Å². The maximum atomic E-state index is 11.1. The van der Waals surface area contributed by atoms with Gasteiger partial charge in [0.25, 0.3) is 0 Å². The number of nitrogens with one attached hydrogen (secondary N) is 1. The van der Waals surface area contributed by atoms with Crippen LogP contribution in [0.4, 0.5) is 0 Å². The summed E-state index contributed by atoms with van der Waals surface area (Å²) in [5.41, 5.74) is 1.02. The highest BCUT2D eigenvalue weighted by molar-refractivity contribution is 5.21. The molecule has 1 aliphatic rings. The molecular weight excluding hydrogens is 216 g/mol. The molecule has 0 amide bonds. The molecule has 1 heterocycles. The summed E-state index contributed by atoms with van der Waals surface area (Å²) in [5.74, 6) is 0. The fourth-order valence-electron chi connectivity index (χ4n) is 2.51. The summed E-state index contributed by atoms with van der Waals surface area (Å²) < 4.78 is 0. The van der Waals surface area contributed by atoms with Crippen LogP contribution in [0.25, 0.3) is 0 Å². The lowest BCUT2D eigenvalue weighted by Crippen LogP contribution is -2.47. The van der Waals surface area contributed by atoms with Crippen LogP contribution >= 0.6 is 0 Å². The minimum Gasteiger partial charge on any atom is -0.301 e. The van der Waals surface area contributed by atoms with Crippen LogP contribution in [0.3, 0.4) is 0 Å². The normalized spacial score (nSPS) is 28.9. The van der Waals surface area contributed by atoms with E-state index in [-0.39, 0.29) is 11.0 Å². The molecular formula is C13H18N2O2. The molecule has 0 saturated carbocycles. The van der Waals surface area contributed by atoms with Crippen molar-refractivity contribution < 1.29 is 4.92 Å². The van der Waals surface area contributed by atoms with E-state index >= 15 is 0 Å². The standard InChI is InChI=1S/C13H18N2O2/c1-2-11-8-9-12(15(16)17)13(14-11)10-6-4-3-5-7-10/h3-7,11-14H,2,8-9H2,1H3. The van der Waals surface area contributed by atoms with Gasteiger partial charge in [0.1, 0.15) is 6.04 Å². The molecule has 1 saturated heterocycles. The van der Waals surface area contributed by atoms with Gasteiger partial charge in [0, 0.05) is 17.4 Å². The monoisotopic (exact) mass is 234 g/mol. The third-order valence-corrected chi connectivity index (χ3v) is 3.53. The fourth-order valence-corrected chi connectivity index (χ4v) is 2.51. The zero-order valence-electron chi connectivity index (χ0n) is 10.0. The van der Waals surface area contributed by atoms with Crippen molar-refractivity contribution in [3.63, 3.8) is 0 Å². The Morgan fingerprint density at radius 3 is 2.65 bits per heavy atom. The Morgan fingerprint density at radius 1 is 1.35 bits per heavy atom. The van der Waals surface area contributed by atoms with Gasteiger partial charge in [-0.15, -0.1) is 0 Å². The molecule has 1 aromatic carbocycles. The molecule has 92 valence electrons. The van der Waals surface area contributed by atoms with Crippen LogP contribution in [-0.4, -0.2) is 17.0 Å². The highest BCUT2D eigenvalue weighted by Gasteiger charge is 2.37. The summed E-state index contributed by atoms with van der Waals surface area (Å²) >= 11 is 0. The molecule has 0 bridgehead atoms. The highest BCUT2D eigenvalue weighted by atomic mass is 16.6. The molecule has 0 radical (unpaired) electrons. The molecule has 2 rings (SSSR count). The molecule has 4 heteroatoms. The number of piperidine rings is 1. The zero-order valence-corrected chi connectivity index (χ0v) is 10.0. The van der Waals surface area contributed by atoms with Gasteiger partial charge in [-0.1, -0.05) is 37.3 Å². The van der Waals surface area contributed by atoms with E-state index < -0.39 is 6.04 Å².